The maximum Gasteiger partial charge on any atom is 0.326 e. The molecule has 226 valence electrons. The fraction of sp³-hybridized carbons (Fsp3) is 0.419. The highest BCUT2D eigenvalue weighted by molar-refractivity contribution is 7.98. The molecule has 0 saturated heterocycles. The SMILES string of the molecule is CCC(C)C(N)C(=O)NC(Cc1c[nH]c2ccccc12)C(=O)NC(CCSC)C(=O)NC(Cc1ccccc1)C(=O)O. The van der Waals surface area contributed by atoms with Gasteiger partial charge in [-0.25, -0.2) is 4.79 Å². The van der Waals surface area contributed by atoms with Crippen molar-refractivity contribution in [3.05, 3.63) is 71.9 Å². The van der Waals surface area contributed by atoms with Gasteiger partial charge in [0.25, 0.3) is 0 Å². The largest absolute Gasteiger partial charge is 0.480 e. The number of hydrogen-bond acceptors (Lipinski definition) is 6. The highest BCUT2D eigenvalue weighted by Crippen LogP contribution is 2.20. The van der Waals surface area contributed by atoms with E-state index >= 15 is 0 Å². The summed E-state index contributed by atoms with van der Waals surface area (Å²) < 4.78 is 0. The van der Waals surface area contributed by atoms with Crippen molar-refractivity contribution in [1.29, 1.82) is 0 Å². The summed E-state index contributed by atoms with van der Waals surface area (Å²) >= 11 is 1.50. The number of thioether (sulfide) groups is 1. The van der Waals surface area contributed by atoms with Gasteiger partial charge in [-0.3, -0.25) is 14.4 Å². The zero-order chi connectivity index (χ0) is 30.6. The van der Waals surface area contributed by atoms with E-state index in [4.69, 9.17) is 5.73 Å². The number of carbonyl (C=O) groups is 4. The number of hydrogen-bond donors (Lipinski definition) is 6. The Bertz CT molecular complexity index is 1350. The zero-order valence-electron chi connectivity index (χ0n) is 24.3. The van der Waals surface area contributed by atoms with Crippen molar-refractivity contribution in [2.45, 2.75) is 63.7 Å². The zero-order valence-corrected chi connectivity index (χ0v) is 25.1. The molecule has 1 heterocycles. The van der Waals surface area contributed by atoms with Gasteiger partial charge in [0, 0.05) is 29.9 Å². The van der Waals surface area contributed by atoms with Gasteiger partial charge in [0.2, 0.25) is 17.7 Å². The third-order valence-corrected chi connectivity index (χ3v) is 8.08. The van der Waals surface area contributed by atoms with Crippen LogP contribution in [0.2, 0.25) is 0 Å². The van der Waals surface area contributed by atoms with Crippen molar-refractivity contribution in [2.75, 3.05) is 12.0 Å². The van der Waals surface area contributed by atoms with Crippen LogP contribution in [0.1, 0.15) is 37.8 Å². The number of rotatable bonds is 16. The summed E-state index contributed by atoms with van der Waals surface area (Å²) in [5, 5.41) is 18.9. The molecule has 11 heteroatoms. The van der Waals surface area contributed by atoms with E-state index in [-0.39, 0.29) is 25.2 Å². The molecular formula is C31H41N5O5S. The molecule has 0 bridgehead atoms. The number of nitrogens with one attached hydrogen (secondary N) is 4. The van der Waals surface area contributed by atoms with E-state index in [0.29, 0.717) is 12.2 Å². The third kappa shape index (κ3) is 9.09. The molecule has 0 fully saturated rings. The molecule has 3 aromatic rings. The summed E-state index contributed by atoms with van der Waals surface area (Å²) in [5.74, 6) is -2.34. The van der Waals surface area contributed by atoms with Crippen LogP contribution in [0.5, 0.6) is 0 Å². The highest BCUT2D eigenvalue weighted by Gasteiger charge is 2.31. The second-order valence-corrected chi connectivity index (χ2v) is 11.5. The summed E-state index contributed by atoms with van der Waals surface area (Å²) in [7, 11) is 0. The van der Waals surface area contributed by atoms with Gasteiger partial charge in [-0.15, -0.1) is 0 Å². The predicted molar refractivity (Wildman–Crippen MR) is 166 cm³/mol. The molecule has 1 aromatic heterocycles. The molecule has 0 aliphatic rings. The van der Waals surface area contributed by atoms with Crippen LogP contribution in [0, 0.1) is 5.92 Å². The lowest BCUT2D eigenvalue weighted by Gasteiger charge is -2.26. The number of aromatic amines is 1. The molecule has 0 aliphatic heterocycles. The maximum atomic E-state index is 13.7. The predicted octanol–water partition coefficient (Wildman–Crippen LogP) is 2.62. The minimum atomic E-state index is -1.18. The van der Waals surface area contributed by atoms with Gasteiger partial charge in [0.05, 0.1) is 6.04 Å². The molecule has 3 amide bonds. The molecule has 2 aromatic carbocycles. The van der Waals surface area contributed by atoms with Crippen LogP contribution in [-0.2, 0) is 32.0 Å². The van der Waals surface area contributed by atoms with Crippen molar-refractivity contribution in [1.82, 2.24) is 20.9 Å². The number of aromatic nitrogens is 1. The number of nitrogens with two attached hydrogens (primary N) is 1. The van der Waals surface area contributed by atoms with Gasteiger partial charge >= 0.3 is 5.97 Å². The van der Waals surface area contributed by atoms with E-state index in [1.807, 2.05) is 50.4 Å². The normalized spacial score (nSPS) is 14.8. The molecule has 3 rings (SSSR count). The Hall–Kier alpha value is -3.83. The molecule has 0 spiro atoms. The molecule has 5 unspecified atom stereocenters. The van der Waals surface area contributed by atoms with Crippen molar-refractivity contribution in [2.24, 2.45) is 11.7 Å². The van der Waals surface area contributed by atoms with Crippen LogP contribution in [-0.4, -0.2) is 70.0 Å². The molecule has 0 saturated carbocycles. The van der Waals surface area contributed by atoms with Crippen molar-refractivity contribution in [3.8, 4) is 0 Å². The van der Waals surface area contributed by atoms with Crippen LogP contribution in [0.3, 0.4) is 0 Å². The second kappa shape index (κ2) is 16.0. The van der Waals surface area contributed by atoms with E-state index in [9.17, 15) is 24.3 Å². The van der Waals surface area contributed by atoms with E-state index in [2.05, 4.69) is 20.9 Å². The minimum Gasteiger partial charge on any atom is -0.480 e. The maximum absolute atomic E-state index is 13.7. The number of carboxylic acids is 1. The van der Waals surface area contributed by atoms with Crippen LogP contribution in [0.25, 0.3) is 10.9 Å². The quantitative estimate of drug-likeness (QED) is 0.148. The number of amides is 3. The van der Waals surface area contributed by atoms with Gasteiger partial charge in [0.1, 0.15) is 18.1 Å². The third-order valence-electron chi connectivity index (χ3n) is 7.43. The van der Waals surface area contributed by atoms with Crippen molar-refractivity contribution >= 4 is 46.4 Å². The van der Waals surface area contributed by atoms with Gasteiger partial charge < -0.3 is 31.8 Å². The lowest BCUT2D eigenvalue weighted by Crippen LogP contribution is -2.58. The Kier molecular flexibility index (Phi) is 12.4. The Morgan fingerprint density at radius 3 is 2.17 bits per heavy atom. The first-order valence-corrected chi connectivity index (χ1v) is 15.5. The standard InChI is InChI=1S/C31H41N5O5S/c1-4-19(2)27(32)30(39)35-25(17-21-18-33-23-13-9-8-12-22(21)23)29(38)34-24(14-15-42-3)28(37)36-26(31(40)41)16-20-10-6-5-7-11-20/h5-13,18-19,24-27,33H,4,14-17,32H2,1-3H3,(H,34,38)(H,35,39)(H,36,37)(H,40,41). The summed E-state index contributed by atoms with van der Waals surface area (Å²) in [6, 6.07) is 12.6. The molecule has 0 radical (unpaired) electrons. The fourth-order valence-electron chi connectivity index (χ4n) is 4.61. The molecular weight excluding hydrogens is 554 g/mol. The van der Waals surface area contributed by atoms with E-state index in [1.54, 1.807) is 30.5 Å². The number of carbonyl (C=O) groups excluding carboxylic acids is 3. The molecule has 0 aliphatic carbocycles. The summed E-state index contributed by atoms with van der Waals surface area (Å²) in [6.07, 6.45) is 4.90. The highest BCUT2D eigenvalue weighted by atomic mass is 32.2. The first-order chi connectivity index (χ1) is 20.1. The van der Waals surface area contributed by atoms with E-state index < -0.39 is 47.9 Å². The first kappa shape index (κ1) is 32.7. The second-order valence-electron chi connectivity index (χ2n) is 10.5. The monoisotopic (exact) mass is 595 g/mol. The minimum absolute atomic E-state index is 0.0951. The van der Waals surface area contributed by atoms with Crippen LogP contribution >= 0.6 is 11.8 Å². The van der Waals surface area contributed by atoms with Gasteiger partial charge in [-0.1, -0.05) is 68.8 Å². The number of para-hydroxylation sites is 1. The number of benzene rings is 2. The average Bonchev–Trinajstić information content (AvgIpc) is 3.40. The number of carboxylic acid groups (broad SMARTS) is 1. The molecule has 10 nitrogen and oxygen atoms in total. The van der Waals surface area contributed by atoms with Crippen molar-refractivity contribution in [3.63, 3.8) is 0 Å². The average molecular weight is 596 g/mol. The lowest BCUT2D eigenvalue weighted by atomic mass is 9.98. The Balaban J connectivity index is 1.82. The molecule has 7 N–H and O–H groups in total. The first-order valence-electron chi connectivity index (χ1n) is 14.1. The van der Waals surface area contributed by atoms with E-state index in [0.717, 1.165) is 22.0 Å². The Morgan fingerprint density at radius 2 is 1.50 bits per heavy atom. The topological polar surface area (TPSA) is 166 Å². The van der Waals surface area contributed by atoms with E-state index in [1.165, 1.54) is 11.8 Å². The Labute approximate surface area is 250 Å². The van der Waals surface area contributed by atoms with Gasteiger partial charge in [0.15, 0.2) is 0 Å². The van der Waals surface area contributed by atoms with Crippen LogP contribution in [0.15, 0.2) is 60.8 Å². The number of fused-ring (bicyclic) bond motifs is 1. The molecule has 5 atom stereocenters. The smallest absolute Gasteiger partial charge is 0.326 e. The Morgan fingerprint density at radius 1 is 0.881 bits per heavy atom. The summed E-state index contributed by atoms with van der Waals surface area (Å²) in [6.45, 7) is 3.81. The summed E-state index contributed by atoms with van der Waals surface area (Å²) in [5.41, 5.74) is 8.65. The molecule has 42 heavy (non-hydrogen) atoms. The number of H-pyrrole nitrogens is 1. The van der Waals surface area contributed by atoms with Gasteiger partial charge in [-0.05, 0) is 41.5 Å². The van der Waals surface area contributed by atoms with Crippen LogP contribution in [0.4, 0.5) is 0 Å². The lowest BCUT2D eigenvalue weighted by molar-refractivity contribution is -0.142. The summed E-state index contributed by atoms with van der Waals surface area (Å²) in [4.78, 5) is 55.3. The van der Waals surface area contributed by atoms with Crippen LogP contribution < -0.4 is 21.7 Å². The van der Waals surface area contributed by atoms with Gasteiger partial charge in [-0.2, -0.15) is 11.8 Å². The van der Waals surface area contributed by atoms with Crippen molar-refractivity contribution < 1.29 is 24.3 Å². The fourth-order valence-corrected chi connectivity index (χ4v) is 5.08. The number of aliphatic carboxylic acids is 1.